The molecule has 0 saturated carbocycles. The van der Waals surface area contributed by atoms with Crippen molar-refractivity contribution in [2.24, 2.45) is 5.73 Å². The zero-order valence-electron chi connectivity index (χ0n) is 12.3. The number of phenols is 1. The van der Waals surface area contributed by atoms with Crippen LogP contribution in [0.2, 0.25) is 10.0 Å². The Morgan fingerprint density at radius 2 is 1.67 bits per heavy atom. The van der Waals surface area contributed by atoms with Crippen molar-refractivity contribution in [3.8, 4) is 5.75 Å². The van der Waals surface area contributed by atoms with Crippen LogP contribution in [0.4, 0.5) is 5.69 Å². The Hall–Kier alpha value is -2.28. The molecule has 126 valence electrons. The van der Waals surface area contributed by atoms with Gasteiger partial charge in [0, 0.05) is 5.69 Å². The number of aliphatic carboxylic acids is 1. The van der Waals surface area contributed by atoms with E-state index in [1.165, 1.54) is 12.1 Å². The van der Waals surface area contributed by atoms with Crippen molar-refractivity contribution in [1.82, 2.24) is 0 Å². The Morgan fingerprint density at radius 3 is 2.17 bits per heavy atom. The van der Waals surface area contributed by atoms with E-state index >= 15 is 0 Å². The lowest BCUT2D eigenvalue weighted by atomic mass is 10.1. The number of nitrogens with two attached hydrogens (primary N) is 1. The fourth-order valence-electron chi connectivity index (χ4n) is 2.04. The summed E-state index contributed by atoms with van der Waals surface area (Å²) in [7, 11) is 0. The molecule has 0 fully saturated rings. The highest BCUT2D eigenvalue weighted by atomic mass is 35.5. The summed E-state index contributed by atoms with van der Waals surface area (Å²) < 4.78 is 0. The number of nitrogens with one attached hydrogen (secondary N) is 1. The minimum Gasteiger partial charge on any atom is -0.508 e. The van der Waals surface area contributed by atoms with E-state index < -0.39 is 17.9 Å². The molecule has 0 radical (unpaired) electrons. The molecule has 2 aromatic carbocycles. The van der Waals surface area contributed by atoms with Gasteiger partial charge in [-0.15, -0.1) is 0 Å². The van der Waals surface area contributed by atoms with Crippen molar-refractivity contribution in [2.45, 2.75) is 12.5 Å². The number of anilines is 1. The molecular formula is C16H14Cl2N2O4. The van der Waals surface area contributed by atoms with Crippen molar-refractivity contribution in [3.63, 3.8) is 0 Å². The van der Waals surface area contributed by atoms with Gasteiger partial charge < -0.3 is 21.3 Å². The van der Waals surface area contributed by atoms with Crippen molar-refractivity contribution < 1.29 is 19.8 Å². The molecule has 1 amide bonds. The Labute approximate surface area is 147 Å². The first-order valence-corrected chi connectivity index (χ1v) is 7.60. The van der Waals surface area contributed by atoms with E-state index in [9.17, 15) is 14.7 Å². The normalized spacial score (nSPS) is 11.8. The molecular weight excluding hydrogens is 355 g/mol. The molecule has 24 heavy (non-hydrogen) atoms. The third-order valence-corrected chi connectivity index (χ3v) is 3.83. The maximum Gasteiger partial charge on any atom is 0.320 e. The summed E-state index contributed by atoms with van der Waals surface area (Å²) in [6.07, 6.45) is 0.180. The summed E-state index contributed by atoms with van der Waals surface area (Å²) in [4.78, 5) is 23.0. The number of carbonyl (C=O) groups excluding carboxylic acids is 1. The summed E-state index contributed by atoms with van der Waals surface area (Å²) in [6.45, 7) is 0. The van der Waals surface area contributed by atoms with Crippen LogP contribution in [-0.2, 0) is 11.2 Å². The highest BCUT2D eigenvalue weighted by Gasteiger charge is 2.17. The van der Waals surface area contributed by atoms with Gasteiger partial charge >= 0.3 is 5.97 Å². The number of carbonyl (C=O) groups is 2. The quantitative estimate of drug-likeness (QED) is 0.647. The third kappa shape index (κ3) is 4.38. The first-order chi connectivity index (χ1) is 11.3. The summed E-state index contributed by atoms with van der Waals surface area (Å²) in [5.74, 6) is -1.75. The largest absolute Gasteiger partial charge is 0.508 e. The standard InChI is InChI=1S/C16H14Cl2N2O4/c17-11-6-10(21)7-12(18)14(11)15(22)20-9-3-1-8(2-4-9)5-13(19)16(23)24/h1-4,6-7,13,21H,5,19H2,(H,20,22)(H,23,24). The number of benzene rings is 2. The van der Waals surface area contributed by atoms with Crippen molar-refractivity contribution in [1.29, 1.82) is 0 Å². The maximum absolute atomic E-state index is 12.3. The minimum absolute atomic E-state index is 0.0292. The Balaban J connectivity index is 2.11. The first kappa shape index (κ1) is 18.1. The van der Waals surface area contributed by atoms with Crippen LogP contribution in [0.3, 0.4) is 0 Å². The van der Waals surface area contributed by atoms with E-state index in [0.29, 0.717) is 5.69 Å². The Morgan fingerprint density at radius 1 is 1.12 bits per heavy atom. The molecule has 2 aromatic rings. The molecule has 8 heteroatoms. The number of halogens is 2. The summed E-state index contributed by atoms with van der Waals surface area (Å²) in [5, 5.41) is 20.9. The molecule has 0 aliphatic rings. The number of amides is 1. The van der Waals surface area contributed by atoms with Gasteiger partial charge in [-0.1, -0.05) is 35.3 Å². The molecule has 2 rings (SSSR count). The Kier molecular flexibility index (Phi) is 5.66. The second-order valence-corrected chi connectivity index (χ2v) is 5.90. The number of carboxylic acids is 1. The zero-order chi connectivity index (χ0) is 17.9. The molecule has 0 aliphatic heterocycles. The van der Waals surface area contributed by atoms with E-state index in [0.717, 1.165) is 5.56 Å². The smallest absolute Gasteiger partial charge is 0.320 e. The van der Waals surface area contributed by atoms with E-state index in [1.807, 2.05) is 0 Å². The van der Waals surface area contributed by atoms with Gasteiger partial charge in [-0.3, -0.25) is 9.59 Å². The lowest BCUT2D eigenvalue weighted by Gasteiger charge is -2.10. The maximum atomic E-state index is 12.3. The summed E-state index contributed by atoms with van der Waals surface area (Å²) in [5.41, 5.74) is 6.72. The molecule has 0 aromatic heterocycles. The van der Waals surface area contributed by atoms with Gasteiger partial charge in [-0.2, -0.15) is 0 Å². The molecule has 0 heterocycles. The highest BCUT2D eigenvalue weighted by Crippen LogP contribution is 2.30. The lowest BCUT2D eigenvalue weighted by molar-refractivity contribution is -0.138. The number of hydrogen-bond acceptors (Lipinski definition) is 4. The van der Waals surface area contributed by atoms with Crippen LogP contribution >= 0.6 is 23.2 Å². The highest BCUT2D eigenvalue weighted by molar-refractivity contribution is 6.40. The number of rotatable bonds is 5. The van der Waals surface area contributed by atoms with Crippen molar-refractivity contribution in [3.05, 3.63) is 57.6 Å². The van der Waals surface area contributed by atoms with E-state index in [-0.39, 0.29) is 27.8 Å². The SMILES string of the molecule is NC(Cc1ccc(NC(=O)c2c(Cl)cc(O)cc2Cl)cc1)C(=O)O. The van der Waals surface area contributed by atoms with E-state index in [1.54, 1.807) is 24.3 Å². The molecule has 1 atom stereocenters. The molecule has 0 spiro atoms. The average molecular weight is 369 g/mol. The van der Waals surface area contributed by atoms with Gasteiger partial charge in [0.05, 0.1) is 15.6 Å². The van der Waals surface area contributed by atoms with Crippen LogP contribution in [0, 0.1) is 0 Å². The predicted octanol–water partition coefficient (Wildman–Crippen LogP) is 2.91. The van der Waals surface area contributed by atoms with Crippen LogP contribution in [0.15, 0.2) is 36.4 Å². The number of aromatic hydroxyl groups is 1. The van der Waals surface area contributed by atoms with Gasteiger partial charge in [0.25, 0.3) is 5.91 Å². The molecule has 1 unspecified atom stereocenters. The predicted molar refractivity (Wildman–Crippen MR) is 91.8 cm³/mol. The fraction of sp³-hybridized carbons (Fsp3) is 0.125. The van der Waals surface area contributed by atoms with Gasteiger partial charge in [0.2, 0.25) is 0 Å². The average Bonchev–Trinajstić information content (AvgIpc) is 2.48. The molecule has 6 nitrogen and oxygen atoms in total. The summed E-state index contributed by atoms with van der Waals surface area (Å²) in [6, 6.07) is 8.02. The van der Waals surface area contributed by atoms with Crippen LogP contribution < -0.4 is 11.1 Å². The number of phenolic OH excluding ortho intramolecular Hbond substituents is 1. The zero-order valence-corrected chi connectivity index (χ0v) is 13.8. The van der Waals surface area contributed by atoms with Gasteiger partial charge in [0.1, 0.15) is 11.8 Å². The van der Waals surface area contributed by atoms with Crippen LogP contribution in [0.25, 0.3) is 0 Å². The van der Waals surface area contributed by atoms with Crippen LogP contribution in [-0.4, -0.2) is 28.1 Å². The van der Waals surface area contributed by atoms with Crippen LogP contribution in [0.1, 0.15) is 15.9 Å². The Bertz CT molecular complexity index is 755. The van der Waals surface area contributed by atoms with E-state index in [4.69, 9.17) is 34.0 Å². The fourth-order valence-corrected chi connectivity index (χ4v) is 2.68. The second kappa shape index (κ2) is 7.53. The van der Waals surface area contributed by atoms with Gasteiger partial charge in [-0.25, -0.2) is 0 Å². The van der Waals surface area contributed by atoms with Crippen LogP contribution in [0.5, 0.6) is 5.75 Å². The number of carboxylic acid groups (broad SMARTS) is 1. The van der Waals surface area contributed by atoms with Crippen molar-refractivity contribution >= 4 is 40.8 Å². The molecule has 0 aliphatic carbocycles. The van der Waals surface area contributed by atoms with E-state index in [2.05, 4.69) is 5.32 Å². The molecule has 0 saturated heterocycles. The summed E-state index contributed by atoms with van der Waals surface area (Å²) >= 11 is 11.9. The third-order valence-electron chi connectivity index (χ3n) is 3.24. The lowest BCUT2D eigenvalue weighted by Crippen LogP contribution is -2.32. The van der Waals surface area contributed by atoms with Gasteiger partial charge in [0.15, 0.2) is 0 Å². The molecule has 0 bridgehead atoms. The molecule has 5 N–H and O–H groups in total. The monoisotopic (exact) mass is 368 g/mol. The second-order valence-electron chi connectivity index (χ2n) is 5.08. The first-order valence-electron chi connectivity index (χ1n) is 6.84. The topological polar surface area (TPSA) is 113 Å². The van der Waals surface area contributed by atoms with Crippen molar-refractivity contribution in [2.75, 3.05) is 5.32 Å². The van der Waals surface area contributed by atoms with Gasteiger partial charge in [-0.05, 0) is 36.2 Å². The minimum atomic E-state index is -1.08. The number of hydrogen-bond donors (Lipinski definition) is 4.